The van der Waals surface area contributed by atoms with Gasteiger partial charge in [0.05, 0.1) is 6.61 Å². The molecule has 2 aromatic carbocycles. The summed E-state index contributed by atoms with van der Waals surface area (Å²) in [5.41, 5.74) is 8.45. The Morgan fingerprint density at radius 1 is 0.911 bits per heavy atom. The van der Waals surface area contributed by atoms with Crippen molar-refractivity contribution in [1.82, 2.24) is 23.6 Å². The highest BCUT2D eigenvalue weighted by Gasteiger charge is 2.22. The van der Waals surface area contributed by atoms with Gasteiger partial charge in [-0.2, -0.15) is 0 Å². The van der Waals surface area contributed by atoms with Gasteiger partial charge in [-0.3, -0.25) is 23.6 Å². The summed E-state index contributed by atoms with van der Waals surface area (Å²) >= 11 is 0. The molecule has 0 aliphatic carbocycles. The van der Waals surface area contributed by atoms with E-state index in [0.717, 1.165) is 42.0 Å². The van der Waals surface area contributed by atoms with Crippen LogP contribution in [0.3, 0.4) is 0 Å². The summed E-state index contributed by atoms with van der Waals surface area (Å²) in [4.78, 5) is 46.9. The number of anilines is 1. The normalized spacial score (nSPS) is 11.5. The van der Waals surface area contributed by atoms with Crippen molar-refractivity contribution in [2.24, 2.45) is 5.73 Å². The number of unbranched alkanes of at least 4 members (excludes halogenated alkanes) is 1. The molecule has 4 aromatic rings. The van der Waals surface area contributed by atoms with Gasteiger partial charge in [0.15, 0.2) is 11.2 Å². The second kappa shape index (κ2) is 16.9. The van der Waals surface area contributed by atoms with Gasteiger partial charge in [0, 0.05) is 51.3 Å². The van der Waals surface area contributed by atoms with E-state index in [2.05, 4.69) is 10.2 Å². The van der Waals surface area contributed by atoms with E-state index in [1.54, 1.807) is 4.57 Å². The standard InChI is InChI=1S/C34H47N7O4/c1-3-19-41-33(44)31-32(37-29(25-27-10-6-5-7-11-27)39(31)22-21-38(4-2)23-24-42)40(34(41)45)20-17-26-13-15-28(16-14-26)36-30(43)12-8-9-18-35/h5-7,10-11,13-16,42H,3-4,8-9,12,17-25,35H2,1-2H3,(H,36,43). The minimum atomic E-state index is -0.359. The second-order valence-electron chi connectivity index (χ2n) is 11.3. The van der Waals surface area contributed by atoms with Gasteiger partial charge in [0.1, 0.15) is 5.82 Å². The molecular weight excluding hydrogens is 570 g/mol. The molecule has 0 fully saturated rings. The number of hydrogen-bond donors (Lipinski definition) is 3. The number of aromatic nitrogens is 4. The number of rotatable bonds is 18. The molecule has 0 atom stereocenters. The molecule has 11 nitrogen and oxygen atoms in total. The summed E-state index contributed by atoms with van der Waals surface area (Å²) in [6, 6.07) is 17.6. The minimum Gasteiger partial charge on any atom is -0.395 e. The number of benzene rings is 2. The molecule has 4 rings (SSSR count). The lowest BCUT2D eigenvalue weighted by molar-refractivity contribution is -0.116. The van der Waals surface area contributed by atoms with Crippen molar-refractivity contribution in [2.75, 3.05) is 38.1 Å². The Balaban J connectivity index is 1.68. The van der Waals surface area contributed by atoms with Crippen molar-refractivity contribution in [3.05, 3.63) is 92.4 Å². The van der Waals surface area contributed by atoms with Gasteiger partial charge in [-0.1, -0.05) is 56.3 Å². The number of likely N-dealkylation sites (N-methyl/N-ethyl adjacent to an activating group) is 1. The number of nitrogens with two attached hydrogens (primary N) is 1. The van der Waals surface area contributed by atoms with Crippen LogP contribution in [0.25, 0.3) is 11.2 Å². The predicted molar refractivity (Wildman–Crippen MR) is 179 cm³/mol. The number of imidazole rings is 1. The number of fused-ring (bicyclic) bond motifs is 1. The van der Waals surface area contributed by atoms with Crippen LogP contribution in [0.2, 0.25) is 0 Å². The van der Waals surface area contributed by atoms with Gasteiger partial charge < -0.3 is 20.7 Å². The first-order valence-corrected chi connectivity index (χ1v) is 16.1. The Morgan fingerprint density at radius 2 is 1.67 bits per heavy atom. The second-order valence-corrected chi connectivity index (χ2v) is 11.3. The lowest BCUT2D eigenvalue weighted by atomic mass is 10.1. The molecule has 2 aromatic heterocycles. The van der Waals surface area contributed by atoms with Crippen molar-refractivity contribution in [3.63, 3.8) is 0 Å². The number of aliphatic hydroxyl groups excluding tert-OH is 1. The first-order valence-electron chi connectivity index (χ1n) is 16.1. The molecule has 0 spiro atoms. The Bertz CT molecular complexity index is 1640. The Morgan fingerprint density at radius 3 is 2.33 bits per heavy atom. The molecule has 0 radical (unpaired) electrons. The lowest BCUT2D eigenvalue weighted by Crippen LogP contribution is -2.41. The van der Waals surface area contributed by atoms with E-state index in [-0.39, 0.29) is 23.8 Å². The molecular formula is C34H47N7O4. The van der Waals surface area contributed by atoms with Gasteiger partial charge in [0.2, 0.25) is 5.91 Å². The molecule has 242 valence electrons. The van der Waals surface area contributed by atoms with Crippen molar-refractivity contribution < 1.29 is 9.90 Å². The van der Waals surface area contributed by atoms with Crippen molar-refractivity contribution in [2.45, 2.75) is 72.0 Å². The topological polar surface area (TPSA) is 140 Å². The van der Waals surface area contributed by atoms with Gasteiger partial charge in [-0.25, -0.2) is 9.78 Å². The third-order valence-corrected chi connectivity index (χ3v) is 8.07. The zero-order chi connectivity index (χ0) is 32.2. The molecule has 45 heavy (non-hydrogen) atoms. The Hall–Kier alpha value is -4.06. The quantitative estimate of drug-likeness (QED) is 0.146. The van der Waals surface area contributed by atoms with Crippen LogP contribution in [-0.4, -0.2) is 67.4 Å². The van der Waals surface area contributed by atoms with E-state index >= 15 is 0 Å². The van der Waals surface area contributed by atoms with Gasteiger partial charge in [0.25, 0.3) is 5.56 Å². The van der Waals surface area contributed by atoms with Crippen molar-refractivity contribution in [1.29, 1.82) is 0 Å². The molecule has 0 unspecified atom stereocenters. The van der Waals surface area contributed by atoms with Crippen LogP contribution < -0.4 is 22.3 Å². The Kier molecular flexibility index (Phi) is 12.7. The van der Waals surface area contributed by atoms with Crippen LogP contribution in [-0.2, 0) is 37.3 Å². The van der Waals surface area contributed by atoms with Crippen LogP contribution in [0.15, 0.2) is 64.2 Å². The van der Waals surface area contributed by atoms with Crippen LogP contribution in [0.4, 0.5) is 5.69 Å². The van der Waals surface area contributed by atoms with Crippen LogP contribution >= 0.6 is 0 Å². The number of carbonyl (C=O) groups excluding carboxylic acids is 1. The summed E-state index contributed by atoms with van der Waals surface area (Å²) in [6.07, 6.45) is 3.71. The number of nitrogens with zero attached hydrogens (tertiary/aromatic N) is 5. The molecule has 1 amide bonds. The van der Waals surface area contributed by atoms with Crippen LogP contribution in [0.1, 0.15) is 56.5 Å². The highest BCUT2D eigenvalue weighted by atomic mass is 16.3. The molecule has 0 saturated carbocycles. The minimum absolute atomic E-state index is 0.0383. The van der Waals surface area contributed by atoms with E-state index in [4.69, 9.17) is 10.7 Å². The highest BCUT2D eigenvalue weighted by molar-refractivity contribution is 5.90. The number of carbonyl (C=O) groups is 1. The number of amides is 1. The van der Waals surface area contributed by atoms with Crippen LogP contribution in [0, 0.1) is 0 Å². The third-order valence-electron chi connectivity index (χ3n) is 8.07. The first-order chi connectivity index (χ1) is 21.9. The van der Waals surface area contributed by atoms with Crippen molar-refractivity contribution in [3.8, 4) is 0 Å². The maximum absolute atomic E-state index is 13.9. The average Bonchev–Trinajstić information content (AvgIpc) is 3.40. The van der Waals surface area contributed by atoms with Gasteiger partial charge >= 0.3 is 5.69 Å². The Labute approximate surface area is 264 Å². The summed E-state index contributed by atoms with van der Waals surface area (Å²) in [6.45, 7) is 7.73. The summed E-state index contributed by atoms with van der Waals surface area (Å²) in [5.74, 6) is 0.686. The molecule has 0 aliphatic rings. The maximum atomic E-state index is 13.9. The predicted octanol–water partition coefficient (Wildman–Crippen LogP) is 2.98. The fourth-order valence-electron chi connectivity index (χ4n) is 5.57. The zero-order valence-corrected chi connectivity index (χ0v) is 26.6. The lowest BCUT2D eigenvalue weighted by Gasteiger charge is -2.20. The first kappa shape index (κ1) is 33.8. The molecule has 4 N–H and O–H groups in total. The van der Waals surface area contributed by atoms with E-state index in [9.17, 15) is 19.5 Å². The number of nitrogens with one attached hydrogen (secondary N) is 1. The number of aryl methyl sites for hydroxylation is 2. The van der Waals surface area contributed by atoms with E-state index in [1.807, 2.05) is 73.0 Å². The van der Waals surface area contributed by atoms with Crippen molar-refractivity contribution >= 4 is 22.8 Å². The molecule has 0 saturated heterocycles. The molecule has 0 aliphatic heterocycles. The summed E-state index contributed by atoms with van der Waals surface area (Å²) in [5, 5.41) is 12.4. The zero-order valence-electron chi connectivity index (χ0n) is 26.6. The van der Waals surface area contributed by atoms with E-state index in [1.165, 1.54) is 4.57 Å². The fraction of sp³-hybridized carbons (Fsp3) is 0.471. The monoisotopic (exact) mass is 617 g/mol. The summed E-state index contributed by atoms with van der Waals surface area (Å²) < 4.78 is 4.94. The largest absolute Gasteiger partial charge is 0.395 e. The highest BCUT2D eigenvalue weighted by Crippen LogP contribution is 2.18. The summed E-state index contributed by atoms with van der Waals surface area (Å²) in [7, 11) is 0. The molecule has 0 bridgehead atoms. The average molecular weight is 618 g/mol. The SMILES string of the molecule is CCCn1c(=O)c2c(nc(Cc3ccccc3)n2CCN(CC)CCO)n(CCc2ccc(NC(=O)CCCCN)cc2)c1=O. The van der Waals surface area contributed by atoms with E-state index in [0.29, 0.717) is 76.1 Å². The molecule has 11 heteroatoms. The smallest absolute Gasteiger partial charge is 0.332 e. The van der Waals surface area contributed by atoms with Gasteiger partial charge in [-0.15, -0.1) is 0 Å². The van der Waals surface area contributed by atoms with Gasteiger partial charge in [-0.05, 0) is 62.0 Å². The number of hydrogen-bond acceptors (Lipinski definition) is 7. The van der Waals surface area contributed by atoms with E-state index < -0.39 is 0 Å². The third kappa shape index (κ3) is 8.78. The fourth-order valence-corrected chi connectivity index (χ4v) is 5.57. The maximum Gasteiger partial charge on any atom is 0.332 e. The number of aliphatic hydroxyl groups is 1. The van der Waals surface area contributed by atoms with Crippen LogP contribution in [0.5, 0.6) is 0 Å². The molecule has 2 heterocycles.